The van der Waals surface area contributed by atoms with Crippen molar-refractivity contribution in [3.05, 3.63) is 24.0 Å². The van der Waals surface area contributed by atoms with Gasteiger partial charge in [-0.05, 0) is 45.9 Å². The topological polar surface area (TPSA) is 54.0 Å². The van der Waals surface area contributed by atoms with E-state index in [9.17, 15) is 9.18 Å². The van der Waals surface area contributed by atoms with Gasteiger partial charge in [0, 0.05) is 31.9 Å². The van der Waals surface area contributed by atoms with Gasteiger partial charge in [-0.3, -0.25) is 0 Å². The van der Waals surface area contributed by atoms with Crippen LogP contribution in [-0.2, 0) is 9.47 Å². The number of nitrogens with zero attached hydrogens (tertiary/aromatic N) is 2. The first-order chi connectivity index (χ1) is 12.3. The van der Waals surface area contributed by atoms with Crippen molar-refractivity contribution in [3.63, 3.8) is 0 Å². The van der Waals surface area contributed by atoms with Crippen molar-refractivity contribution in [1.82, 2.24) is 4.90 Å². The maximum atomic E-state index is 14.6. The quantitative estimate of drug-likeness (QED) is 0.875. The number of urea groups is 1. The monoisotopic (exact) mass is 365 g/mol. The molecule has 2 aliphatic heterocycles. The van der Waals surface area contributed by atoms with E-state index >= 15 is 0 Å². The third kappa shape index (κ3) is 4.45. The van der Waals surface area contributed by atoms with Crippen molar-refractivity contribution in [2.75, 3.05) is 36.4 Å². The molecule has 2 fully saturated rings. The maximum Gasteiger partial charge on any atom is 0.322 e. The lowest BCUT2D eigenvalue weighted by Crippen LogP contribution is -2.49. The zero-order valence-electron chi connectivity index (χ0n) is 15.9. The zero-order valence-corrected chi connectivity index (χ0v) is 15.9. The van der Waals surface area contributed by atoms with Crippen molar-refractivity contribution >= 4 is 17.4 Å². The van der Waals surface area contributed by atoms with Crippen molar-refractivity contribution in [1.29, 1.82) is 0 Å². The molecule has 1 aromatic carbocycles. The number of ether oxygens (including phenoxy) is 2. The highest BCUT2D eigenvalue weighted by Gasteiger charge is 2.27. The van der Waals surface area contributed by atoms with Crippen LogP contribution in [0.5, 0.6) is 0 Å². The molecule has 0 radical (unpaired) electrons. The second-order valence-electron chi connectivity index (χ2n) is 7.42. The second kappa shape index (κ2) is 7.80. The highest BCUT2D eigenvalue weighted by molar-refractivity contribution is 5.89. The molecule has 2 amide bonds. The van der Waals surface area contributed by atoms with Gasteiger partial charge in [0.1, 0.15) is 5.82 Å². The van der Waals surface area contributed by atoms with Crippen LogP contribution in [-0.4, -0.2) is 61.5 Å². The van der Waals surface area contributed by atoms with E-state index in [1.54, 1.807) is 17.0 Å². The summed E-state index contributed by atoms with van der Waals surface area (Å²) in [7, 11) is 0. The summed E-state index contributed by atoms with van der Waals surface area (Å²) in [6, 6.07) is 4.62. The molecular formula is C19H28FN3O3. The van der Waals surface area contributed by atoms with Crippen LogP contribution in [0.25, 0.3) is 0 Å². The Morgan fingerprint density at radius 1 is 1.00 bits per heavy atom. The van der Waals surface area contributed by atoms with Gasteiger partial charge in [-0.15, -0.1) is 0 Å². The van der Waals surface area contributed by atoms with Crippen LogP contribution in [0.2, 0.25) is 0 Å². The molecule has 7 heteroatoms. The van der Waals surface area contributed by atoms with E-state index in [2.05, 4.69) is 5.32 Å². The van der Waals surface area contributed by atoms with Crippen LogP contribution < -0.4 is 10.2 Å². The van der Waals surface area contributed by atoms with E-state index < -0.39 is 0 Å². The molecule has 6 nitrogen and oxygen atoms in total. The lowest BCUT2D eigenvalue weighted by atomic mass is 10.2. The Kier molecular flexibility index (Phi) is 5.67. The van der Waals surface area contributed by atoms with Crippen LogP contribution in [0.4, 0.5) is 20.6 Å². The predicted octanol–water partition coefficient (Wildman–Crippen LogP) is 3.08. The molecule has 1 aromatic rings. The fraction of sp³-hybridized carbons (Fsp3) is 0.632. The van der Waals surface area contributed by atoms with Crippen molar-refractivity contribution in [3.8, 4) is 0 Å². The van der Waals surface area contributed by atoms with Crippen LogP contribution in [0.15, 0.2) is 18.2 Å². The van der Waals surface area contributed by atoms with E-state index in [0.717, 1.165) is 0 Å². The molecule has 26 heavy (non-hydrogen) atoms. The van der Waals surface area contributed by atoms with E-state index in [0.29, 0.717) is 37.6 Å². The average Bonchev–Trinajstić information content (AvgIpc) is 2.53. The third-order valence-corrected chi connectivity index (χ3v) is 4.67. The summed E-state index contributed by atoms with van der Waals surface area (Å²) in [6.07, 6.45) is 0.105. The van der Waals surface area contributed by atoms with Gasteiger partial charge in [0.2, 0.25) is 0 Å². The molecule has 0 unspecified atom stereocenters. The van der Waals surface area contributed by atoms with E-state index in [-0.39, 0.29) is 36.3 Å². The smallest absolute Gasteiger partial charge is 0.322 e. The van der Waals surface area contributed by atoms with Gasteiger partial charge in [-0.25, -0.2) is 9.18 Å². The number of carbonyl (C=O) groups excluding carboxylic acids is 1. The van der Waals surface area contributed by atoms with E-state index in [1.165, 1.54) is 6.07 Å². The molecule has 2 saturated heterocycles. The zero-order chi connectivity index (χ0) is 18.8. The van der Waals surface area contributed by atoms with Gasteiger partial charge >= 0.3 is 6.03 Å². The van der Waals surface area contributed by atoms with Gasteiger partial charge in [0.25, 0.3) is 0 Å². The molecule has 1 N–H and O–H groups in total. The van der Waals surface area contributed by atoms with Crippen molar-refractivity contribution < 1.29 is 18.7 Å². The number of benzene rings is 1. The molecular weight excluding hydrogens is 337 g/mol. The fourth-order valence-electron chi connectivity index (χ4n) is 3.76. The molecule has 3 rings (SSSR count). The van der Waals surface area contributed by atoms with Crippen LogP contribution in [0, 0.1) is 5.82 Å². The molecule has 0 bridgehead atoms. The number of nitrogens with one attached hydrogen (secondary N) is 1. The molecule has 2 aliphatic rings. The SMILES string of the molecule is C[C@@H]1CN(C(=O)Nc2ccc(N3C[C@@H](C)O[C@@H](C)C3)c(F)c2)C[C@H](C)O1. The number of amides is 2. The number of anilines is 2. The summed E-state index contributed by atoms with van der Waals surface area (Å²) in [5, 5.41) is 2.79. The normalized spacial score (nSPS) is 29.6. The summed E-state index contributed by atoms with van der Waals surface area (Å²) in [6.45, 7) is 10.2. The number of hydrogen-bond acceptors (Lipinski definition) is 4. The molecule has 0 aromatic heterocycles. The van der Waals surface area contributed by atoms with Gasteiger partial charge in [-0.1, -0.05) is 0 Å². The Labute approximate surface area is 154 Å². The molecule has 0 aliphatic carbocycles. The number of hydrogen-bond donors (Lipinski definition) is 1. The Hall–Kier alpha value is -1.86. The van der Waals surface area contributed by atoms with Gasteiger partial charge in [0.05, 0.1) is 30.1 Å². The molecule has 0 saturated carbocycles. The average molecular weight is 365 g/mol. The minimum absolute atomic E-state index is 0.00564. The Morgan fingerprint density at radius 3 is 2.08 bits per heavy atom. The molecule has 0 spiro atoms. The van der Waals surface area contributed by atoms with Crippen LogP contribution in [0.1, 0.15) is 27.7 Å². The molecule has 144 valence electrons. The number of carbonyl (C=O) groups is 1. The van der Waals surface area contributed by atoms with Crippen LogP contribution in [0.3, 0.4) is 0 Å². The van der Waals surface area contributed by atoms with Gasteiger partial charge in [0.15, 0.2) is 0 Å². The summed E-state index contributed by atoms with van der Waals surface area (Å²) in [5.74, 6) is -0.340. The fourth-order valence-corrected chi connectivity index (χ4v) is 3.76. The summed E-state index contributed by atoms with van der Waals surface area (Å²) >= 11 is 0. The van der Waals surface area contributed by atoms with E-state index in [1.807, 2.05) is 32.6 Å². The Bertz CT molecular complexity index is 637. The summed E-state index contributed by atoms with van der Waals surface area (Å²) in [4.78, 5) is 16.1. The lowest BCUT2D eigenvalue weighted by Gasteiger charge is -2.37. The number of halogens is 1. The number of rotatable bonds is 2. The second-order valence-corrected chi connectivity index (χ2v) is 7.42. The first kappa shape index (κ1) is 18.9. The highest BCUT2D eigenvalue weighted by Crippen LogP contribution is 2.26. The van der Waals surface area contributed by atoms with E-state index in [4.69, 9.17) is 9.47 Å². The molecule has 2 heterocycles. The molecule has 4 atom stereocenters. The van der Waals surface area contributed by atoms with Crippen molar-refractivity contribution in [2.24, 2.45) is 0 Å². The number of morpholine rings is 2. The van der Waals surface area contributed by atoms with Gasteiger partial charge in [-0.2, -0.15) is 0 Å². The van der Waals surface area contributed by atoms with Crippen LogP contribution >= 0.6 is 0 Å². The summed E-state index contributed by atoms with van der Waals surface area (Å²) < 4.78 is 26.0. The lowest BCUT2D eigenvalue weighted by molar-refractivity contribution is -0.0530. The minimum atomic E-state index is -0.340. The standard InChI is InChI=1S/C19H28FN3O3/c1-12-8-22(9-13(2)25-12)18-6-5-16(7-17(18)20)21-19(24)23-10-14(3)26-15(4)11-23/h5-7,12-15H,8-11H2,1-4H3,(H,21,24)/t12-,13+,14-,15+. The predicted molar refractivity (Wildman–Crippen MR) is 99.2 cm³/mol. The maximum absolute atomic E-state index is 14.6. The third-order valence-electron chi connectivity index (χ3n) is 4.67. The Morgan fingerprint density at radius 2 is 1.54 bits per heavy atom. The first-order valence-electron chi connectivity index (χ1n) is 9.23. The largest absolute Gasteiger partial charge is 0.372 e. The minimum Gasteiger partial charge on any atom is -0.372 e. The Balaban J connectivity index is 1.66. The summed E-state index contributed by atoms with van der Waals surface area (Å²) in [5.41, 5.74) is 0.996. The highest BCUT2D eigenvalue weighted by atomic mass is 19.1. The van der Waals surface area contributed by atoms with Gasteiger partial charge < -0.3 is 24.6 Å². The van der Waals surface area contributed by atoms with Crippen molar-refractivity contribution in [2.45, 2.75) is 52.1 Å². The first-order valence-corrected chi connectivity index (χ1v) is 9.23.